The Bertz CT molecular complexity index is 126. The van der Waals surface area contributed by atoms with Gasteiger partial charge >= 0.3 is 0 Å². The van der Waals surface area contributed by atoms with E-state index in [1.54, 1.807) is 5.92 Å². The van der Waals surface area contributed by atoms with E-state index in [0.717, 1.165) is 0 Å². The molecule has 0 amide bonds. The molecule has 17 heavy (non-hydrogen) atoms. The lowest BCUT2D eigenvalue weighted by molar-refractivity contribution is 0.541. The summed E-state index contributed by atoms with van der Waals surface area (Å²) in [4.78, 5) is 0. The van der Waals surface area contributed by atoms with Crippen LogP contribution in [0, 0.1) is 5.92 Å². The van der Waals surface area contributed by atoms with Crippen LogP contribution in [0.25, 0.3) is 0 Å². The lowest BCUT2D eigenvalue weighted by atomic mass is 10.0. The molecule has 0 bridgehead atoms. The zero-order chi connectivity index (χ0) is 12.8. The SMILES string of the molecule is CCCCCCCCCCCCCC[C](C)C. The third kappa shape index (κ3) is 16.0. The molecule has 0 aromatic heterocycles. The first-order valence-corrected chi connectivity index (χ1v) is 8.06. The first-order chi connectivity index (χ1) is 8.27. The first-order valence-electron chi connectivity index (χ1n) is 8.06. The molecule has 0 heteroatoms. The van der Waals surface area contributed by atoms with Crippen LogP contribution >= 0.6 is 0 Å². The summed E-state index contributed by atoms with van der Waals surface area (Å²) in [6.45, 7) is 6.79. The fraction of sp³-hybridized carbons (Fsp3) is 0.941. The summed E-state index contributed by atoms with van der Waals surface area (Å²) in [5.74, 6) is 1.59. The van der Waals surface area contributed by atoms with E-state index in [1.807, 2.05) is 0 Å². The van der Waals surface area contributed by atoms with Crippen molar-refractivity contribution in [1.29, 1.82) is 0 Å². The zero-order valence-electron chi connectivity index (χ0n) is 12.7. The van der Waals surface area contributed by atoms with Crippen molar-refractivity contribution in [3.05, 3.63) is 5.92 Å². The summed E-state index contributed by atoms with van der Waals surface area (Å²) in [6.07, 6.45) is 18.8. The highest BCUT2D eigenvalue weighted by molar-refractivity contribution is 4.75. The average molecular weight is 239 g/mol. The van der Waals surface area contributed by atoms with E-state index in [0.29, 0.717) is 0 Å². The van der Waals surface area contributed by atoms with Crippen molar-refractivity contribution in [2.45, 2.75) is 104 Å². The van der Waals surface area contributed by atoms with Crippen molar-refractivity contribution in [2.24, 2.45) is 0 Å². The van der Waals surface area contributed by atoms with Crippen molar-refractivity contribution < 1.29 is 0 Å². The maximum atomic E-state index is 2.29. The van der Waals surface area contributed by atoms with Crippen molar-refractivity contribution in [3.63, 3.8) is 0 Å². The van der Waals surface area contributed by atoms with Crippen LogP contribution in [0.1, 0.15) is 104 Å². The number of hydrogen-bond donors (Lipinski definition) is 0. The van der Waals surface area contributed by atoms with E-state index in [-0.39, 0.29) is 0 Å². The normalized spacial score (nSPS) is 11.3. The number of unbranched alkanes of at least 4 members (excludes halogenated alkanes) is 11. The summed E-state index contributed by atoms with van der Waals surface area (Å²) in [5, 5.41) is 0. The molecule has 0 atom stereocenters. The molecule has 0 aliphatic rings. The highest BCUT2D eigenvalue weighted by atomic mass is 14.0. The fourth-order valence-corrected chi connectivity index (χ4v) is 2.32. The molecule has 0 spiro atoms. The van der Waals surface area contributed by atoms with Gasteiger partial charge in [0.25, 0.3) is 0 Å². The predicted molar refractivity (Wildman–Crippen MR) is 80.3 cm³/mol. The van der Waals surface area contributed by atoms with Gasteiger partial charge in [0.2, 0.25) is 0 Å². The van der Waals surface area contributed by atoms with Crippen molar-refractivity contribution in [2.75, 3.05) is 0 Å². The Kier molecular flexibility index (Phi) is 14.1. The molecule has 1 radical (unpaired) electrons. The van der Waals surface area contributed by atoms with Gasteiger partial charge in [0.15, 0.2) is 0 Å². The highest BCUT2D eigenvalue weighted by Crippen LogP contribution is 2.14. The molecule has 0 nitrogen and oxygen atoms in total. The summed E-state index contributed by atoms with van der Waals surface area (Å²) in [7, 11) is 0. The van der Waals surface area contributed by atoms with Crippen LogP contribution in [-0.4, -0.2) is 0 Å². The average Bonchev–Trinajstić information content (AvgIpc) is 2.30. The first kappa shape index (κ1) is 17.0. The quantitative estimate of drug-likeness (QED) is 0.314. The summed E-state index contributed by atoms with van der Waals surface area (Å²) < 4.78 is 0. The molecule has 0 N–H and O–H groups in total. The van der Waals surface area contributed by atoms with Gasteiger partial charge in [0.05, 0.1) is 0 Å². The van der Waals surface area contributed by atoms with Crippen LogP contribution in [-0.2, 0) is 0 Å². The maximum absolute atomic E-state index is 2.29. The van der Waals surface area contributed by atoms with Crippen LogP contribution < -0.4 is 0 Å². The van der Waals surface area contributed by atoms with Crippen LogP contribution in [0.4, 0.5) is 0 Å². The number of hydrogen-bond acceptors (Lipinski definition) is 0. The van der Waals surface area contributed by atoms with Crippen molar-refractivity contribution in [3.8, 4) is 0 Å². The van der Waals surface area contributed by atoms with Gasteiger partial charge < -0.3 is 0 Å². The monoisotopic (exact) mass is 239 g/mol. The molecule has 0 aliphatic heterocycles. The second kappa shape index (κ2) is 14.1. The van der Waals surface area contributed by atoms with Gasteiger partial charge in [-0.15, -0.1) is 0 Å². The van der Waals surface area contributed by atoms with Crippen LogP contribution in [0.2, 0.25) is 0 Å². The van der Waals surface area contributed by atoms with Gasteiger partial charge in [-0.3, -0.25) is 0 Å². The van der Waals surface area contributed by atoms with E-state index >= 15 is 0 Å². The Balaban J connectivity index is 2.89. The van der Waals surface area contributed by atoms with Gasteiger partial charge in [-0.05, 0) is 12.3 Å². The molecule has 0 heterocycles. The van der Waals surface area contributed by atoms with Crippen molar-refractivity contribution >= 4 is 0 Å². The summed E-state index contributed by atoms with van der Waals surface area (Å²) >= 11 is 0. The van der Waals surface area contributed by atoms with E-state index in [2.05, 4.69) is 20.8 Å². The molecule has 0 unspecified atom stereocenters. The van der Waals surface area contributed by atoms with Crippen LogP contribution in [0.3, 0.4) is 0 Å². The van der Waals surface area contributed by atoms with E-state index in [4.69, 9.17) is 0 Å². The molecular formula is C17H35. The molecule has 0 fully saturated rings. The van der Waals surface area contributed by atoms with Crippen LogP contribution in [0.5, 0.6) is 0 Å². The predicted octanol–water partition coefficient (Wildman–Crippen LogP) is 6.69. The maximum Gasteiger partial charge on any atom is -0.0303 e. The number of rotatable bonds is 13. The Hall–Kier alpha value is 0. The third-order valence-corrected chi connectivity index (χ3v) is 3.53. The smallest absolute Gasteiger partial charge is 0.0303 e. The van der Waals surface area contributed by atoms with Gasteiger partial charge in [-0.1, -0.05) is 97.8 Å². The topological polar surface area (TPSA) is 0 Å². The van der Waals surface area contributed by atoms with Crippen LogP contribution in [0.15, 0.2) is 0 Å². The van der Waals surface area contributed by atoms with Gasteiger partial charge in [0.1, 0.15) is 0 Å². The second-order valence-corrected chi connectivity index (χ2v) is 5.85. The minimum Gasteiger partial charge on any atom is -0.0654 e. The fourth-order valence-electron chi connectivity index (χ4n) is 2.32. The molecular weight excluding hydrogens is 204 g/mol. The third-order valence-electron chi connectivity index (χ3n) is 3.53. The van der Waals surface area contributed by atoms with E-state index in [9.17, 15) is 0 Å². The molecule has 0 aromatic rings. The van der Waals surface area contributed by atoms with Crippen molar-refractivity contribution in [1.82, 2.24) is 0 Å². The molecule has 0 aliphatic carbocycles. The zero-order valence-corrected chi connectivity index (χ0v) is 12.7. The van der Waals surface area contributed by atoms with Gasteiger partial charge in [0, 0.05) is 0 Å². The molecule has 0 aromatic carbocycles. The molecule has 0 rings (SSSR count). The summed E-state index contributed by atoms with van der Waals surface area (Å²) in [6, 6.07) is 0. The minimum absolute atomic E-state index is 1.34. The Labute approximate surface area is 111 Å². The lowest BCUT2D eigenvalue weighted by Crippen LogP contribution is -1.85. The summed E-state index contributed by atoms with van der Waals surface area (Å²) in [5.41, 5.74) is 0. The van der Waals surface area contributed by atoms with Gasteiger partial charge in [-0.2, -0.15) is 0 Å². The highest BCUT2D eigenvalue weighted by Gasteiger charge is 1.95. The molecule has 0 saturated carbocycles. The van der Waals surface area contributed by atoms with E-state index in [1.165, 1.54) is 83.5 Å². The minimum atomic E-state index is 1.34. The molecule has 0 saturated heterocycles. The Morgan fingerprint density at radius 2 is 0.882 bits per heavy atom. The standard InChI is InChI=1S/C17H35/c1-4-5-6-7-8-9-10-11-12-13-14-15-16-17(2)3/h4-16H2,1-3H3. The Morgan fingerprint density at radius 3 is 1.24 bits per heavy atom. The van der Waals surface area contributed by atoms with Gasteiger partial charge in [-0.25, -0.2) is 0 Å². The van der Waals surface area contributed by atoms with E-state index < -0.39 is 0 Å². The Morgan fingerprint density at radius 1 is 0.529 bits per heavy atom. The second-order valence-electron chi connectivity index (χ2n) is 5.85. The molecule has 103 valence electrons. The lowest BCUT2D eigenvalue weighted by Gasteiger charge is -2.04. The largest absolute Gasteiger partial charge is 0.0654 e.